The summed E-state index contributed by atoms with van der Waals surface area (Å²) in [6, 6.07) is 8.10. The summed E-state index contributed by atoms with van der Waals surface area (Å²) in [4.78, 5) is 36.5. The van der Waals surface area contributed by atoms with Crippen LogP contribution >= 0.6 is 0 Å². The van der Waals surface area contributed by atoms with E-state index in [-0.39, 0.29) is 49.1 Å². The molecule has 0 aliphatic carbocycles. The van der Waals surface area contributed by atoms with Crippen molar-refractivity contribution in [1.82, 2.24) is 10.2 Å². The van der Waals surface area contributed by atoms with Crippen LogP contribution in [0.5, 0.6) is 0 Å². The second-order valence-corrected chi connectivity index (χ2v) is 9.63. The molecule has 0 aliphatic heterocycles. The Balaban J connectivity index is 2.77. The molecule has 0 fully saturated rings. The summed E-state index contributed by atoms with van der Waals surface area (Å²) in [5.41, 5.74) is 3.72. The van der Waals surface area contributed by atoms with E-state index in [2.05, 4.69) is 64.7 Å². The molecule has 0 bridgehead atoms. The van der Waals surface area contributed by atoms with Crippen molar-refractivity contribution >= 4 is 17.8 Å². The molecule has 1 rings (SSSR count). The molecule has 1 atom stereocenters. The molecule has 1 amide bonds. The molecule has 1 unspecified atom stereocenters. The molecular weight excluding hydrogens is 420 g/mol. The van der Waals surface area contributed by atoms with Crippen LogP contribution in [0.1, 0.15) is 58.6 Å². The number of carbonyl (C=O) groups is 3. The third-order valence-corrected chi connectivity index (χ3v) is 4.91. The van der Waals surface area contributed by atoms with Crippen LogP contribution in [0.3, 0.4) is 0 Å². The number of amides is 1. The zero-order valence-corrected chi connectivity index (χ0v) is 20.7. The predicted molar refractivity (Wildman–Crippen MR) is 130 cm³/mol. The van der Waals surface area contributed by atoms with Gasteiger partial charge in [0.1, 0.15) is 6.61 Å². The van der Waals surface area contributed by atoms with Crippen LogP contribution in [0.25, 0.3) is 0 Å². The fourth-order valence-electron chi connectivity index (χ4n) is 3.34. The van der Waals surface area contributed by atoms with Crippen LogP contribution in [0.4, 0.5) is 0 Å². The van der Waals surface area contributed by atoms with E-state index in [1.54, 1.807) is 11.8 Å². The van der Waals surface area contributed by atoms with Crippen molar-refractivity contribution in [1.29, 1.82) is 0 Å². The van der Waals surface area contributed by atoms with E-state index >= 15 is 0 Å². The second-order valence-electron chi connectivity index (χ2n) is 9.63. The summed E-state index contributed by atoms with van der Waals surface area (Å²) in [6.45, 7) is 16.0. The van der Waals surface area contributed by atoms with Crippen LogP contribution < -0.4 is 5.32 Å². The molecule has 0 radical (unpaired) electrons. The second kappa shape index (κ2) is 12.9. The van der Waals surface area contributed by atoms with Crippen LogP contribution in [0.2, 0.25) is 0 Å². The normalized spacial score (nSPS) is 12.1. The van der Waals surface area contributed by atoms with Crippen LogP contribution in [0.15, 0.2) is 48.1 Å². The van der Waals surface area contributed by atoms with E-state index in [9.17, 15) is 19.5 Å². The average molecular weight is 459 g/mol. The van der Waals surface area contributed by atoms with E-state index in [1.807, 2.05) is 12.1 Å². The maximum Gasteiger partial charge on any atom is 0.333 e. The monoisotopic (exact) mass is 458 g/mol. The molecule has 0 aromatic heterocycles. The van der Waals surface area contributed by atoms with E-state index in [0.29, 0.717) is 6.54 Å². The molecule has 0 heterocycles. The van der Waals surface area contributed by atoms with Crippen LogP contribution in [-0.2, 0) is 25.7 Å². The number of carboxylic acid groups (broad SMARTS) is 1. The first-order valence-electron chi connectivity index (χ1n) is 11.1. The Bertz CT molecular complexity index is 862. The first kappa shape index (κ1) is 28.1. The number of allylic oxidation sites excluding steroid dienone is 2. The highest BCUT2D eigenvalue weighted by molar-refractivity contribution is 5.87. The van der Waals surface area contributed by atoms with Gasteiger partial charge < -0.3 is 15.2 Å². The number of hydrogen-bond donors (Lipinski definition) is 2. The number of nitrogens with zero attached hydrogens (tertiary/aromatic N) is 1. The minimum atomic E-state index is -1.01. The lowest BCUT2D eigenvalue weighted by molar-refractivity contribution is -0.140. The highest BCUT2D eigenvalue weighted by atomic mass is 16.5. The van der Waals surface area contributed by atoms with Gasteiger partial charge in [-0.2, -0.15) is 0 Å². The molecule has 7 nitrogen and oxygen atoms in total. The topological polar surface area (TPSA) is 95.9 Å². The number of benzene rings is 1. The van der Waals surface area contributed by atoms with E-state index in [1.165, 1.54) is 11.1 Å². The summed E-state index contributed by atoms with van der Waals surface area (Å²) in [7, 11) is 0. The Labute approximate surface area is 197 Å². The molecule has 1 aromatic rings. The van der Waals surface area contributed by atoms with Crippen LogP contribution in [-0.4, -0.2) is 54.1 Å². The van der Waals surface area contributed by atoms with Crippen molar-refractivity contribution in [3.8, 4) is 0 Å². The number of aliphatic carboxylic acids is 1. The van der Waals surface area contributed by atoms with Crippen molar-refractivity contribution in [3.63, 3.8) is 0 Å². The quantitative estimate of drug-likeness (QED) is 0.213. The Hall–Kier alpha value is -2.93. The molecule has 0 saturated heterocycles. The van der Waals surface area contributed by atoms with Gasteiger partial charge in [-0.1, -0.05) is 63.3 Å². The number of carboxylic acids is 1. The van der Waals surface area contributed by atoms with Gasteiger partial charge in [0.2, 0.25) is 5.91 Å². The van der Waals surface area contributed by atoms with Gasteiger partial charge in [-0.05, 0) is 37.3 Å². The Morgan fingerprint density at radius 2 is 1.73 bits per heavy atom. The standard InChI is InChI=1S/C26H38N2O5/c1-18(2)14-22(26(5,6)7)21-10-8-20(9-11-21)15-28(17-24(30)31)16-23(29)27-12-13-33-25(32)19(3)4/h8-11,14,22H,3,12-13,15-17H2,1-2,4-7H3,(H,27,29)(H,30,31). The van der Waals surface area contributed by atoms with E-state index in [0.717, 1.165) is 5.56 Å². The minimum absolute atomic E-state index is 0.0262. The molecule has 0 aliphatic rings. The Kier molecular flexibility index (Phi) is 11.0. The van der Waals surface area contributed by atoms with Crippen molar-refractivity contribution in [2.24, 2.45) is 5.41 Å². The van der Waals surface area contributed by atoms with Crippen molar-refractivity contribution in [3.05, 3.63) is 59.2 Å². The largest absolute Gasteiger partial charge is 0.480 e. The number of carbonyl (C=O) groups excluding carboxylic acids is 2. The zero-order chi connectivity index (χ0) is 25.2. The summed E-state index contributed by atoms with van der Waals surface area (Å²) in [6.07, 6.45) is 2.27. The van der Waals surface area contributed by atoms with Crippen molar-refractivity contribution in [2.45, 2.75) is 54.0 Å². The first-order chi connectivity index (χ1) is 15.3. The zero-order valence-electron chi connectivity index (χ0n) is 20.7. The first-order valence-corrected chi connectivity index (χ1v) is 11.1. The lowest BCUT2D eigenvalue weighted by atomic mass is 9.75. The number of hydrogen-bond acceptors (Lipinski definition) is 5. The molecule has 1 aromatic carbocycles. The smallest absolute Gasteiger partial charge is 0.333 e. The molecule has 182 valence electrons. The third kappa shape index (κ3) is 11.0. The molecular formula is C26H38N2O5. The molecule has 2 N–H and O–H groups in total. The van der Waals surface area contributed by atoms with Gasteiger partial charge in [0.25, 0.3) is 0 Å². The minimum Gasteiger partial charge on any atom is -0.480 e. The summed E-state index contributed by atoms with van der Waals surface area (Å²) < 4.78 is 4.93. The number of ether oxygens (including phenoxy) is 1. The predicted octanol–water partition coefficient (Wildman–Crippen LogP) is 3.90. The van der Waals surface area contributed by atoms with Gasteiger partial charge in [-0.25, -0.2) is 4.79 Å². The Morgan fingerprint density at radius 1 is 1.12 bits per heavy atom. The van der Waals surface area contributed by atoms with Gasteiger partial charge in [-0.15, -0.1) is 0 Å². The molecule has 0 saturated carbocycles. The average Bonchev–Trinajstić information content (AvgIpc) is 2.68. The van der Waals surface area contributed by atoms with Gasteiger partial charge in [0.05, 0.1) is 19.6 Å². The van der Waals surface area contributed by atoms with Gasteiger partial charge in [0.15, 0.2) is 0 Å². The maximum atomic E-state index is 12.2. The van der Waals surface area contributed by atoms with Crippen molar-refractivity contribution in [2.75, 3.05) is 26.2 Å². The lowest BCUT2D eigenvalue weighted by Gasteiger charge is -2.29. The molecule has 0 spiro atoms. The lowest BCUT2D eigenvalue weighted by Crippen LogP contribution is -2.40. The molecule has 33 heavy (non-hydrogen) atoms. The third-order valence-electron chi connectivity index (χ3n) is 4.91. The van der Waals surface area contributed by atoms with Crippen LogP contribution in [0, 0.1) is 5.41 Å². The number of nitrogens with one attached hydrogen (secondary N) is 1. The van der Waals surface area contributed by atoms with E-state index in [4.69, 9.17) is 4.74 Å². The summed E-state index contributed by atoms with van der Waals surface area (Å²) in [5.74, 6) is -1.60. The highest BCUT2D eigenvalue weighted by Crippen LogP contribution is 2.37. The fourth-order valence-corrected chi connectivity index (χ4v) is 3.34. The highest BCUT2D eigenvalue weighted by Gasteiger charge is 2.24. The fraction of sp³-hybridized carbons (Fsp3) is 0.500. The van der Waals surface area contributed by atoms with E-state index < -0.39 is 11.9 Å². The maximum absolute atomic E-state index is 12.2. The van der Waals surface area contributed by atoms with Gasteiger partial charge >= 0.3 is 11.9 Å². The van der Waals surface area contributed by atoms with Crippen molar-refractivity contribution < 1.29 is 24.2 Å². The SMILES string of the molecule is C=C(C)C(=O)OCCNC(=O)CN(CC(=O)O)Cc1ccc(C(C=C(C)C)C(C)(C)C)cc1. The molecule has 7 heteroatoms. The number of esters is 1. The summed E-state index contributed by atoms with van der Waals surface area (Å²) >= 11 is 0. The van der Waals surface area contributed by atoms with Gasteiger partial charge in [0, 0.05) is 18.0 Å². The Morgan fingerprint density at radius 3 is 2.21 bits per heavy atom. The van der Waals surface area contributed by atoms with Gasteiger partial charge in [-0.3, -0.25) is 14.5 Å². The number of rotatable bonds is 12. The summed E-state index contributed by atoms with van der Waals surface area (Å²) in [5, 5.41) is 11.9.